The number of urea groups is 1. The lowest BCUT2D eigenvalue weighted by atomic mass is 10.1. The summed E-state index contributed by atoms with van der Waals surface area (Å²) < 4.78 is 11.4. The molecule has 0 saturated heterocycles. The summed E-state index contributed by atoms with van der Waals surface area (Å²) in [7, 11) is 5.44. The number of fused-ring (bicyclic) bond motifs is 1. The van der Waals surface area contributed by atoms with Crippen LogP contribution in [0.25, 0.3) is 0 Å². The van der Waals surface area contributed by atoms with Gasteiger partial charge in [0.2, 0.25) is 0 Å². The number of rotatable bonds is 3. The predicted molar refractivity (Wildman–Crippen MR) is 106 cm³/mol. The number of pyridine rings is 1. The minimum atomic E-state index is -0.534. The minimum Gasteiger partial charge on any atom is -0.497 e. The number of carbonyl (C=O) groups is 1. The maximum atomic E-state index is 12.9. The van der Waals surface area contributed by atoms with E-state index in [1.165, 1.54) is 0 Å². The number of anilines is 2. The van der Waals surface area contributed by atoms with Gasteiger partial charge in [0.15, 0.2) is 0 Å². The van der Waals surface area contributed by atoms with Gasteiger partial charge >= 0.3 is 6.03 Å². The summed E-state index contributed by atoms with van der Waals surface area (Å²) in [5.41, 5.74) is 0.403. The van der Waals surface area contributed by atoms with Gasteiger partial charge in [0.05, 0.1) is 20.2 Å². The highest BCUT2D eigenvalue weighted by molar-refractivity contribution is 5.88. The first-order valence-corrected chi connectivity index (χ1v) is 8.84. The number of amides is 2. The van der Waals surface area contributed by atoms with Crippen LogP contribution in [0.1, 0.15) is 19.4 Å². The zero-order chi connectivity index (χ0) is 19.6. The molecule has 0 spiro atoms. The van der Waals surface area contributed by atoms with Crippen molar-refractivity contribution in [1.29, 1.82) is 0 Å². The van der Waals surface area contributed by atoms with Crippen molar-refractivity contribution in [1.82, 2.24) is 9.88 Å². The molecule has 0 unspecified atom stereocenters. The second-order valence-electron chi connectivity index (χ2n) is 7.40. The van der Waals surface area contributed by atoms with Crippen LogP contribution in [0.15, 0.2) is 36.4 Å². The van der Waals surface area contributed by atoms with Gasteiger partial charge in [-0.25, -0.2) is 9.78 Å². The van der Waals surface area contributed by atoms with E-state index in [0.717, 1.165) is 22.9 Å². The average Bonchev–Trinajstić information content (AvgIpc) is 2.75. The molecule has 0 fully saturated rings. The van der Waals surface area contributed by atoms with Gasteiger partial charge in [0.25, 0.3) is 0 Å². The third-order valence-electron chi connectivity index (χ3n) is 4.31. The molecule has 1 aliphatic rings. The van der Waals surface area contributed by atoms with Crippen molar-refractivity contribution < 1.29 is 14.3 Å². The summed E-state index contributed by atoms with van der Waals surface area (Å²) in [5.74, 6) is 2.77. The normalized spacial score (nSPS) is 15.2. The van der Waals surface area contributed by atoms with Crippen LogP contribution in [0.5, 0.6) is 11.5 Å². The predicted octanol–water partition coefficient (Wildman–Crippen LogP) is 3.36. The van der Waals surface area contributed by atoms with Crippen molar-refractivity contribution in [3.05, 3.63) is 42.0 Å². The lowest BCUT2D eigenvalue weighted by Crippen LogP contribution is -2.44. The van der Waals surface area contributed by atoms with Gasteiger partial charge in [-0.05, 0) is 38.1 Å². The van der Waals surface area contributed by atoms with Gasteiger partial charge < -0.3 is 19.3 Å². The maximum absolute atomic E-state index is 12.9. The number of hydrogen-bond acceptors (Lipinski definition) is 5. The zero-order valence-electron chi connectivity index (χ0n) is 16.4. The largest absolute Gasteiger partial charge is 0.497 e. The van der Waals surface area contributed by atoms with Gasteiger partial charge in [-0.2, -0.15) is 0 Å². The molecule has 144 valence electrons. The second kappa shape index (κ2) is 7.34. The number of ether oxygens (including phenoxy) is 2. The standard InChI is InChI=1S/C20H26N4O3/c1-20(2)13-24(12-14-9-10-15(26-5)11-16(14)27-20)19(25)22-17-7-6-8-18(21-17)23(3)4/h6-11H,12-13H2,1-5H3,(H,21,22,25). The Morgan fingerprint density at radius 1 is 1.30 bits per heavy atom. The minimum absolute atomic E-state index is 0.209. The van der Waals surface area contributed by atoms with Crippen molar-refractivity contribution >= 4 is 17.7 Å². The fourth-order valence-corrected chi connectivity index (χ4v) is 3.01. The van der Waals surface area contributed by atoms with Crippen molar-refractivity contribution in [3.8, 4) is 11.5 Å². The summed E-state index contributed by atoms with van der Waals surface area (Å²) in [6.07, 6.45) is 0. The monoisotopic (exact) mass is 370 g/mol. The summed E-state index contributed by atoms with van der Waals surface area (Å²) >= 11 is 0. The van der Waals surface area contributed by atoms with Crippen LogP contribution in [-0.2, 0) is 6.54 Å². The third kappa shape index (κ3) is 4.42. The Hall–Kier alpha value is -2.96. The summed E-state index contributed by atoms with van der Waals surface area (Å²) in [6, 6.07) is 11.0. The molecule has 27 heavy (non-hydrogen) atoms. The number of aromatic nitrogens is 1. The zero-order valence-corrected chi connectivity index (χ0v) is 16.4. The quantitative estimate of drug-likeness (QED) is 0.897. The molecule has 1 aromatic heterocycles. The Morgan fingerprint density at radius 2 is 2.07 bits per heavy atom. The number of benzene rings is 1. The van der Waals surface area contributed by atoms with E-state index in [0.29, 0.717) is 18.9 Å². The molecule has 0 bridgehead atoms. The van der Waals surface area contributed by atoms with E-state index < -0.39 is 5.60 Å². The van der Waals surface area contributed by atoms with Crippen molar-refractivity contribution in [2.45, 2.75) is 26.0 Å². The molecule has 1 aliphatic heterocycles. The molecule has 1 aromatic carbocycles. The van der Waals surface area contributed by atoms with E-state index in [4.69, 9.17) is 9.47 Å². The molecule has 0 aliphatic carbocycles. The van der Waals surface area contributed by atoms with E-state index in [2.05, 4.69) is 10.3 Å². The lowest BCUT2D eigenvalue weighted by molar-refractivity contribution is 0.0833. The molecule has 1 N–H and O–H groups in total. The summed E-state index contributed by atoms with van der Waals surface area (Å²) in [4.78, 5) is 21.0. The highest BCUT2D eigenvalue weighted by atomic mass is 16.5. The summed E-state index contributed by atoms with van der Waals surface area (Å²) in [6.45, 7) is 4.82. The first kappa shape index (κ1) is 18.8. The van der Waals surface area contributed by atoms with Crippen LogP contribution >= 0.6 is 0 Å². The van der Waals surface area contributed by atoms with E-state index in [1.54, 1.807) is 18.1 Å². The van der Waals surface area contributed by atoms with Gasteiger partial charge in [-0.15, -0.1) is 0 Å². The Morgan fingerprint density at radius 3 is 2.78 bits per heavy atom. The van der Waals surface area contributed by atoms with Gasteiger partial charge in [0, 0.05) is 25.7 Å². The van der Waals surface area contributed by atoms with E-state index in [1.807, 2.05) is 63.2 Å². The van der Waals surface area contributed by atoms with Crippen LogP contribution in [0, 0.1) is 0 Å². The molecule has 0 saturated carbocycles. The van der Waals surface area contributed by atoms with E-state index in [9.17, 15) is 4.79 Å². The molecule has 2 aromatic rings. The van der Waals surface area contributed by atoms with Crippen molar-refractivity contribution in [2.75, 3.05) is 38.0 Å². The smallest absolute Gasteiger partial charge is 0.323 e. The second-order valence-corrected chi connectivity index (χ2v) is 7.40. The Labute approximate surface area is 159 Å². The molecular formula is C20H26N4O3. The summed E-state index contributed by atoms with van der Waals surface area (Å²) in [5, 5.41) is 2.89. The molecular weight excluding hydrogens is 344 g/mol. The first-order valence-electron chi connectivity index (χ1n) is 8.84. The number of nitrogens with zero attached hydrogens (tertiary/aromatic N) is 3. The van der Waals surface area contributed by atoms with Crippen LogP contribution in [0.3, 0.4) is 0 Å². The highest BCUT2D eigenvalue weighted by Gasteiger charge is 2.32. The fourth-order valence-electron chi connectivity index (χ4n) is 3.01. The van der Waals surface area contributed by atoms with Gasteiger partial charge in [-0.3, -0.25) is 5.32 Å². The molecule has 3 rings (SSSR count). The topological polar surface area (TPSA) is 66.9 Å². The lowest BCUT2D eigenvalue weighted by Gasteiger charge is -2.29. The maximum Gasteiger partial charge on any atom is 0.323 e. The average molecular weight is 370 g/mol. The first-order chi connectivity index (χ1) is 12.8. The number of nitrogens with one attached hydrogen (secondary N) is 1. The fraction of sp³-hybridized carbons (Fsp3) is 0.400. The van der Waals surface area contributed by atoms with Crippen LogP contribution in [0.2, 0.25) is 0 Å². The number of carbonyl (C=O) groups excluding carboxylic acids is 1. The van der Waals surface area contributed by atoms with Crippen molar-refractivity contribution in [3.63, 3.8) is 0 Å². The molecule has 7 heteroatoms. The Balaban J connectivity index is 1.82. The molecule has 0 radical (unpaired) electrons. The van der Waals surface area contributed by atoms with Crippen LogP contribution in [0.4, 0.5) is 16.4 Å². The SMILES string of the molecule is COc1ccc2c(c1)OC(C)(C)CN(C(=O)Nc1cccc(N(C)C)n1)C2. The Bertz CT molecular complexity index is 836. The Kier molecular flexibility index (Phi) is 5.12. The number of hydrogen-bond donors (Lipinski definition) is 1. The number of methoxy groups -OCH3 is 1. The third-order valence-corrected chi connectivity index (χ3v) is 4.31. The van der Waals surface area contributed by atoms with E-state index in [-0.39, 0.29) is 6.03 Å². The molecule has 2 amide bonds. The highest BCUT2D eigenvalue weighted by Crippen LogP contribution is 2.32. The molecule has 2 heterocycles. The van der Waals surface area contributed by atoms with Crippen LogP contribution in [-0.4, -0.2) is 49.3 Å². The van der Waals surface area contributed by atoms with Gasteiger partial charge in [-0.1, -0.05) is 6.07 Å². The van der Waals surface area contributed by atoms with E-state index >= 15 is 0 Å². The molecule has 7 nitrogen and oxygen atoms in total. The van der Waals surface area contributed by atoms with Gasteiger partial charge in [0.1, 0.15) is 28.7 Å². The van der Waals surface area contributed by atoms with Crippen LogP contribution < -0.4 is 19.7 Å². The van der Waals surface area contributed by atoms with Crippen molar-refractivity contribution in [2.24, 2.45) is 0 Å². The molecule has 0 atom stereocenters.